The monoisotopic (exact) mass is 269 g/mol. The molecule has 0 aromatic rings. The molecule has 2 rings (SSSR count). The van der Waals surface area contributed by atoms with Gasteiger partial charge in [0.2, 0.25) is 11.8 Å². The smallest absolute Gasteiger partial charge is 0.242 e. The van der Waals surface area contributed by atoms with Crippen LogP contribution in [-0.4, -0.2) is 62.1 Å². The SMILES string of the molecule is COCCNC(=O)[C@@H]1CCC(=O)N1C1CCNCC1. The summed E-state index contributed by atoms with van der Waals surface area (Å²) in [5.41, 5.74) is 0. The van der Waals surface area contributed by atoms with Gasteiger partial charge < -0.3 is 20.3 Å². The van der Waals surface area contributed by atoms with Gasteiger partial charge in [-0.15, -0.1) is 0 Å². The molecule has 108 valence electrons. The summed E-state index contributed by atoms with van der Waals surface area (Å²) >= 11 is 0. The number of carbonyl (C=O) groups excluding carboxylic acids is 2. The number of rotatable bonds is 5. The Morgan fingerprint density at radius 3 is 2.84 bits per heavy atom. The van der Waals surface area contributed by atoms with E-state index in [-0.39, 0.29) is 23.9 Å². The van der Waals surface area contributed by atoms with Gasteiger partial charge in [-0.05, 0) is 32.4 Å². The first-order valence-corrected chi connectivity index (χ1v) is 7.02. The van der Waals surface area contributed by atoms with Crippen LogP contribution in [0.25, 0.3) is 0 Å². The van der Waals surface area contributed by atoms with E-state index < -0.39 is 0 Å². The fourth-order valence-corrected chi connectivity index (χ4v) is 2.90. The lowest BCUT2D eigenvalue weighted by atomic mass is 10.0. The van der Waals surface area contributed by atoms with Crippen molar-refractivity contribution in [3.63, 3.8) is 0 Å². The Bertz CT molecular complexity index is 329. The maximum absolute atomic E-state index is 12.1. The molecule has 0 spiro atoms. The van der Waals surface area contributed by atoms with Crippen molar-refractivity contribution >= 4 is 11.8 Å². The number of amides is 2. The van der Waals surface area contributed by atoms with E-state index >= 15 is 0 Å². The third kappa shape index (κ3) is 3.45. The summed E-state index contributed by atoms with van der Waals surface area (Å²) in [6.07, 6.45) is 3.01. The second kappa shape index (κ2) is 6.86. The lowest BCUT2D eigenvalue weighted by Crippen LogP contribution is -2.52. The first-order chi connectivity index (χ1) is 9.24. The fourth-order valence-electron chi connectivity index (χ4n) is 2.90. The predicted molar refractivity (Wildman–Crippen MR) is 70.6 cm³/mol. The molecule has 2 N–H and O–H groups in total. The van der Waals surface area contributed by atoms with Crippen molar-refractivity contribution in [2.24, 2.45) is 0 Å². The lowest BCUT2D eigenvalue weighted by Gasteiger charge is -2.35. The standard InChI is InChI=1S/C13H23N3O3/c1-19-9-8-15-13(18)11-2-3-12(17)16(11)10-4-6-14-7-5-10/h10-11,14H,2-9H2,1H3,(H,15,18)/t11-/m0/s1. The van der Waals surface area contributed by atoms with Crippen molar-refractivity contribution < 1.29 is 14.3 Å². The first-order valence-electron chi connectivity index (χ1n) is 7.02. The van der Waals surface area contributed by atoms with E-state index in [1.165, 1.54) is 0 Å². The highest BCUT2D eigenvalue weighted by molar-refractivity contribution is 5.91. The van der Waals surface area contributed by atoms with E-state index in [1.807, 2.05) is 4.90 Å². The molecule has 2 heterocycles. The van der Waals surface area contributed by atoms with Crippen LogP contribution in [0, 0.1) is 0 Å². The van der Waals surface area contributed by atoms with Crippen LogP contribution >= 0.6 is 0 Å². The minimum Gasteiger partial charge on any atom is -0.383 e. The third-order valence-electron chi connectivity index (χ3n) is 3.87. The first kappa shape index (κ1) is 14.3. The highest BCUT2D eigenvalue weighted by Crippen LogP contribution is 2.25. The van der Waals surface area contributed by atoms with Crippen LogP contribution in [0.2, 0.25) is 0 Å². The second-order valence-corrected chi connectivity index (χ2v) is 5.12. The van der Waals surface area contributed by atoms with Crippen molar-refractivity contribution in [2.45, 2.75) is 37.8 Å². The van der Waals surface area contributed by atoms with Crippen LogP contribution < -0.4 is 10.6 Å². The molecule has 0 aromatic carbocycles. The maximum atomic E-state index is 12.1. The average Bonchev–Trinajstić information content (AvgIpc) is 2.82. The number of hydrogen-bond acceptors (Lipinski definition) is 4. The Morgan fingerprint density at radius 1 is 1.42 bits per heavy atom. The molecule has 6 heteroatoms. The molecule has 2 saturated heterocycles. The Hall–Kier alpha value is -1.14. The van der Waals surface area contributed by atoms with Crippen LogP contribution in [0.1, 0.15) is 25.7 Å². The quantitative estimate of drug-likeness (QED) is 0.660. The third-order valence-corrected chi connectivity index (χ3v) is 3.87. The molecule has 2 aliphatic rings. The summed E-state index contributed by atoms with van der Waals surface area (Å²) in [7, 11) is 1.60. The molecule has 0 aliphatic carbocycles. The molecule has 0 bridgehead atoms. The number of methoxy groups -OCH3 is 1. The number of hydrogen-bond donors (Lipinski definition) is 2. The summed E-state index contributed by atoms with van der Waals surface area (Å²) in [5.74, 6) is 0.0835. The van der Waals surface area contributed by atoms with Gasteiger partial charge >= 0.3 is 0 Å². The maximum Gasteiger partial charge on any atom is 0.242 e. The molecule has 0 aromatic heterocycles. The van der Waals surface area contributed by atoms with Crippen molar-refractivity contribution in [3.05, 3.63) is 0 Å². The van der Waals surface area contributed by atoms with Gasteiger partial charge in [0.1, 0.15) is 6.04 Å². The summed E-state index contributed by atoms with van der Waals surface area (Å²) in [6, 6.07) is -0.0677. The normalized spacial score (nSPS) is 24.8. The Kier molecular flexibility index (Phi) is 5.15. The van der Waals surface area contributed by atoms with Gasteiger partial charge in [0.25, 0.3) is 0 Å². The number of piperidine rings is 1. The fraction of sp³-hybridized carbons (Fsp3) is 0.846. The van der Waals surface area contributed by atoms with E-state index in [0.29, 0.717) is 26.0 Å². The largest absolute Gasteiger partial charge is 0.383 e. The van der Waals surface area contributed by atoms with E-state index in [1.54, 1.807) is 7.11 Å². The van der Waals surface area contributed by atoms with Gasteiger partial charge in [0, 0.05) is 26.1 Å². The van der Waals surface area contributed by atoms with Crippen LogP contribution in [0.4, 0.5) is 0 Å². The van der Waals surface area contributed by atoms with Crippen molar-refractivity contribution in [1.82, 2.24) is 15.5 Å². The summed E-state index contributed by atoms with van der Waals surface area (Å²) in [6.45, 7) is 2.85. The van der Waals surface area contributed by atoms with Crippen molar-refractivity contribution in [1.29, 1.82) is 0 Å². The summed E-state index contributed by atoms with van der Waals surface area (Å²) in [5, 5.41) is 6.13. The number of likely N-dealkylation sites (tertiary alicyclic amines) is 1. The van der Waals surface area contributed by atoms with E-state index in [0.717, 1.165) is 25.9 Å². The molecule has 19 heavy (non-hydrogen) atoms. The van der Waals surface area contributed by atoms with Gasteiger partial charge in [-0.3, -0.25) is 9.59 Å². The lowest BCUT2D eigenvalue weighted by molar-refractivity contribution is -0.138. The van der Waals surface area contributed by atoms with Crippen molar-refractivity contribution in [3.8, 4) is 0 Å². The predicted octanol–water partition coefficient (Wildman–Crippen LogP) is -0.508. The van der Waals surface area contributed by atoms with E-state index in [9.17, 15) is 9.59 Å². The van der Waals surface area contributed by atoms with Gasteiger partial charge in [-0.2, -0.15) is 0 Å². The van der Waals surface area contributed by atoms with Crippen LogP contribution in [-0.2, 0) is 14.3 Å². The number of carbonyl (C=O) groups is 2. The van der Waals surface area contributed by atoms with Gasteiger partial charge in [-0.25, -0.2) is 0 Å². The molecule has 2 aliphatic heterocycles. The number of nitrogens with one attached hydrogen (secondary N) is 2. The summed E-state index contributed by atoms with van der Waals surface area (Å²) < 4.78 is 4.92. The highest BCUT2D eigenvalue weighted by atomic mass is 16.5. The zero-order chi connectivity index (χ0) is 13.7. The topological polar surface area (TPSA) is 70.7 Å². The van der Waals surface area contributed by atoms with Crippen LogP contribution in [0.5, 0.6) is 0 Å². The number of nitrogens with zero attached hydrogens (tertiary/aromatic N) is 1. The molecular formula is C13H23N3O3. The highest BCUT2D eigenvalue weighted by Gasteiger charge is 2.40. The minimum atomic E-state index is -0.285. The molecule has 0 saturated carbocycles. The molecule has 6 nitrogen and oxygen atoms in total. The zero-order valence-electron chi connectivity index (χ0n) is 11.5. The van der Waals surface area contributed by atoms with Crippen molar-refractivity contribution in [2.75, 3.05) is 33.4 Å². The molecular weight excluding hydrogens is 246 g/mol. The molecule has 2 amide bonds. The molecule has 0 radical (unpaired) electrons. The van der Waals surface area contributed by atoms with Gasteiger partial charge in [0.15, 0.2) is 0 Å². The number of ether oxygens (including phenoxy) is 1. The molecule has 1 atom stereocenters. The summed E-state index contributed by atoms with van der Waals surface area (Å²) in [4.78, 5) is 26.0. The van der Waals surface area contributed by atoms with E-state index in [4.69, 9.17) is 4.74 Å². The average molecular weight is 269 g/mol. The van der Waals surface area contributed by atoms with E-state index in [2.05, 4.69) is 10.6 Å². The molecule has 0 unspecified atom stereocenters. The van der Waals surface area contributed by atoms with Crippen LogP contribution in [0.3, 0.4) is 0 Å². The second-order valence-electron chi connectivity index (χ2n) is 5.12. The van der Waals surface area contributed by atoms with Crippen LogP contribution in [0.15, 0.2) is 0 Å². The Morgan fingerprint density at radius 2 is 2.16 bits per heavy atom. The Labute approximate surface area is 113 Å². The van der Waals surface area contributed by atoms with Gasteiger partial charge in [-0.1, -0.05) is 0 Å². The Balaban J connectivity index is 1.94. The van der Waals surface area contributed by atoms with Gasteiger partial charge in [0.05, 0.1) is 6.61 Å². The molecule has 2 fully saturated rings. The minimum absolute atomic E-state index is 0.0403. The zero-order valence-corrected chi connectivity index (χ0v) is 11.5.